The second-order valence-electron chi connectivity index (χ2n) is 5.17. The summed E-state index contributed by atoms with van der Waals surface area (Å²) in [6, 6.07) is 4.09. The SMILES string of the molecule is CCC(N)Cc1ccc(OCCOCC(C)C)cn1. The highest BCUT2D eigenvalue weighted by molar-refractivity contribution is 5.20. The number of ether oxygens (including phenoxy) is 2. The van der Waals surface area contributed by atoms with E-state index in [9.17, 15) is 0 Å². The van der Waals surface area contributed by atoms with Crippen LogP contribution in [-0.4, -0.2) is 30.8 Å². The maximum absolute atomic E-state index is 5.89. The number of hydrogen-bond acceptors (Lipinski definition) is 4. The average molecular weight is 266 g/mol. The van der Waals surface area contributed by atoms with E-state index in [1.165, 1.54) is 0 Å². The molecule has 1 atom stereocenters. The molecule has 2 N–H and O–H groups in total. The molecule has 0 radical (unpaired) electrons. The molecule has 4 nitrogen and oxygen atoms in total. The summed E-state index contributed by atoms with van der Waals surface area (Å²) in [5, 5.41) is 0. The summed E-state index contributed by atoms with van der Waals surface area (Å²) < 4.78 is 11.0. The van der Waals surface area contributed by atoms with Crippen molar-refractivity contribution >= 4 is 0 Å². The molecular weight excluding hydrogens is 240 g/mol. The molecule has 0 saturated carbocycles. The van der Waals surface area contributed by atoms with Gasteiger partial charge in [0, 0.05) is 24.8 Å². The van der Waals surface area contributed by atoms with E-state index in [1.807, 2.05) is 12.1 Å². The van der Waals surface area contributed by atoms with Crippen LogP contribution in [0, 0.1) is 5.92 Å². The van der Waals surface area contributed by atoms with Crippen LogP contribution in [-0.2, 0) is 11.2 Å². The van der Waals surface area contributed by atoms with E-state index in [2.05, 4.69) is 25.8 Å². The molecule has 0 aliphatic carbocycles. The van der Waals surface area contributed by atoms with Crippen LogP contribution < -0.4 is 10.5 Å². The van der Waals surface area contributed by atoms with E-state index in [0.29, 0.717) is 19.1 Å². The molecule has 1 aromatic heterocycles. The zero-order valence-electron chi connectivity index (χ0n) is 12.3. The minimum atomic E-state index is 0.184. The number of rotatable bonds is 9. The lowest BCUT2D eigenvalue weighted by molar-refractivity contribution is 0.0818. The standard InChI is InChI=1S/C15H26N2O2/c1-4-13(16)9-14-5-6-15(10-17-14)19-8-7-18-11-12(2)3/h5-6,10,12-13H,4,7-9,11,16H2,1-3H3. The Morgan fingerprint density at radius 3 is 2.63 bits per heavy atom. The Labute approximate surface area is 116 Å². The third kappa shape index (κ3) is 7.13. The summed E-state index contributed by atoms with van der Waals surface area (Å²) >= 11 is 0. The molecule has 0 saturated heterocycles. The Balaban J connectivity index is 2.24. The van der Waals surface area contributed by atoms with Gasteiger partial charge in [-0.15, -0.1) is 0 Å². The van der Waals surface area contributed by atoms with Gasteiger partial charge in [-0.2, -0.15) is 0 Å². The third-order valence-corrected chi connectivity index (χ3v) is 2.74. The van der Waals surface area contributed by atoms with Gasteiger partial charge in [0.2, 0.25) is 0 Å². The van der Waals surface area contributed by atoms with E-state index in [4.69, 9.17) is 15.2 Å². The molecule has 1 heterocycles. The molecule has 1 rings (SSSR count). The summed E-state index contributed by atoms with van der Waals surface area (Å²) in [6.07, 6.45) is 3.53. The second-order valence-corrected chi connectivity index (χ2v) is 5.17. The van der Waals surface area contributed by atoms with E-state index in [1.54, 1.807) is 6.20 Å². The minimum absolute atomic E-state index is 0.184. The summed E-state index contributed by atoms with van der Waals surface area (Å²) in [5.41, 5.74) is 6.90. The molecular formula is C15H26N2O2. The number of hydrogen-bond donors (Lipinski definition) is 1. The lowest BCUT2D eigenvalue weighted by Gasteiger charge is -2.10. The Hall–Kier alpha value is -1.13. The first-order chi connectivity index (χ1) is 9.11. The monoisotopic (exact) mass is 266 g/mol. The quantitative estimate of drug-likeness (QED) is 0.697. The second kappa shape index (κ2) is 8.88. The first-order valence-corrected chi connectivity index (χ1v) is 7.02. The minimum Gasteiger partial charge on any atom is -0.490 e. The van der Waals surface area contributed by atoms with Crippen LogP contribution in [0.3, 0.4) is 0 Å². The van der Waals surface area contributed by atoms with Gasteiger partial charge in [-0.25, -0.2) is 0 Å². The Morgan fingerprint density at radius 1 is 1.26 bits per heavy atom. The normalized spacial score (nSPS) is 12.7. The number of pyridine rings is 1. The van der Waals surface area contributed by atoms with Gasteiger partial charge in [0.25, 0.3) is 0 Å². The van der Waals surface area contributed by atoms with Crippen molar-refractivity contribution in [1.82, 2.24) is 4.98 Å². The molecule has 0 aromatic carbocycles. The molecule has 0 amide bonds. The lowest BCUT2D eigenvalue weighted by atomic mass is 10.1. The van der Waals surface area contributed by atoms with Crippen molar-refractivity contribution in [3.63, 3.8) is 0 Å². The van der Waals surface area contributed by atoms with Gasteiger partial charge in [0.05, 0.1) is 12.8 Å². The molecule has 1 unspecified atom stereocenters. The van der Waals surface area contributed by atoms with Crippen molar-refractivity contribution in [3.05, 3.63) is 24.0 Å². The molecule has 0 bridgehead atoms. The van der Waals surface area contributed by atoms with Crippen LogP contribution in [0.2, 0.25) is 0 Å². The summed E-state index contributed by atoms with van der Waals surface area (Å²) in [7, 11) is 0. The first kappa shape index (κ1) is 15.9. The number of nitrogens with zero attached hydrogens (tertiary/aromatic N) is 1. The van der Waals surface area contributed by atoms with Crippen LogP contribution in [0.15, 0.2) is 18.3 Å². The van der Waals surface area contributed by atoms with Crippen molar-refractivity contribution in [1.29, 1.82) is 0 Å². The molecule has 108 valence electrons. The summed E-state index contributed by atoms with van der Waals surface area (Å²) in [4.78, 5) is 4.35. The fourth-order valence-electron chi connectivity index (χ4n) is 1.57. The van der Waals surface area contributed by atoms with Crippen molar-refractivity contribution in [3.8, 4) is 5.75 Å². The van der Waals surface area contributed by atoms with Gasteiger partial charge in [-0.1, -0.05) is 20.8 Å². The molecule has 19 heavy (non-hydrogen) atoms. The predicted molar refractivity (Wildman–Crippen MR) is 77.4 cm³/mol. The van der Waals surface area contributed by atoms with Gasteiger partial charge in [0.1, 0.15) is 12.4 Å². The van der Waals surface area contributed by atoms with E-state index in [0.717, 1.165) is 30.9 Å². The molecule has 4 heteroatoms. The fourth-order valence-corrected chi connectivity index (χ4v) is 1.57. The van der Waals surface area contributed by atoms with Crippen LogP contribution in [0.4, 0.5) is 0 Å². The largest absolute Gasteiger partial charge is 0.490 e. The van der Waals surface area contributed by atoms with E-state index >= 15 is 0 Å². The zero-order valence-corrected chi connectivity index (χ0v) is 12.3. The van der Waals surface area contributed by atoms with Crippen molar-refractivity contribution in [2.75, 3.05) is 19.8 Å². The fraction of sp³-hybridized carbons (Fsp3) is 0.667. The van der Waals surface area contributed by atoms with E-state index < -0.39 is 0 Å². The molecule has 0 fully saturated rings. The first-order valence-electron chi connectivity index (χ1n) is 7.02. The Bertz CT molecular complexity index is 339. The third-order valence-electron chi connectivity index (χ3n) is 2.74. The Kier molecular flexibility index (Phi) is 7.45. The van der Waals surface area contributed by atoms with Crippen LogP contribution in [0.25, 0.3) is 0 Å². The van der Waals surface area contributed by atoms with Gasteiger partial charge in [-0.05, 0) is 24.5 Å². The molecule has 0 aliphatic heterocycles. The van der Waals surface area contributed by atoms with Crippen LogP contribution in [0.5, 0.6) is 5.75 Å². The zero-order chi connectivity index (χ0) is 14.1. The van der Waals surface area contributed by atoms with Gasteiger partial charge in [-0.3, -0.25) is 4.98 Å². The predicted octanol–water partition coefficient (Wildman–Crippen LogP) is 2.41. The highest BCUT2D eigenvalue weighted by Gasteiger charge is 2.03. The highest BCUT2D eigenvalue weighted by Crippen LogP contribution is 2.10. The highest BCUT2D eigenvalue weighted by atomic mass is 16.5. The molecule has 1 aromatic rings. The van der Waals surface area contributed by atoms with Crippen molar-refractivity contribution in [2.45, 2.75) is 39.7 Å². The average Bonchev–Trinajstić information content (AvgIpc) is 2.39. The van der Waals surface area contributed by atoms with Gasteiger partial charge >= 0.3 is 0 Å². The Morgan fingerprint density at radius 2 is 2.05 bits per heavy atom. The maximum atomic E-state index is 5.89. The topological polar surface area (TPSA) is 57.4 Å². The lowest BCUT2D eigenvalue weighted by Crippen LogP contribution is -2.21. The smallest absolute Gasteiger partial charge is 0.137 e. The maximum Gasteiger partial charge on any atom is 0.137 e. The van der Waals surface area contributed by atoms with Crippen molar-refractivity contribution < 1.29 is 9.47 Å². The molecule has 0 aliphatic rings. The molecule has 0 spiro atoms. The van der Waals surface area contributed by atoms with Crippen molar-refractivity contribution in [2.24, 2.45) is 11.7 Å². The summed E-state index contributed by atoms with van der Waals surface area (Å²) in [6.45, 7) is 8.28. The number of nitrogens with two attached hydrogens (primary N) is 1. The summed E-state index contributed by atoms with van der Waals surface area (Å²) in [5.74, 6) is 1.34. The van der Waals surface area contributed by atoms with Gasteiger partial charge in [0.15, 0.2) is 0 Å². The van der Waals surface area contributed by atoms with Gasteiger partial charge < -0.3 is 15.2 Å². The van der Waals surface area contributed by atoms with Crippen LogP contribution in [0.1, 0.15) is 32.9 Å². The number of aromatic nitrogens is 1. The van der Waals surface area contributed by atoms with Crippen LogP contribution >= 0.6 is 0 Å². The van der Waals surface area contributed by atoms with E-state index in [-0.39, 0.29) is 6.04 Å².